The van der Waals surface area contributed by atoms with Crippen LogP contribution >= 0.6 is 0 Å². The Kier molecular flexibility index (Phi) is 6.72. The number of amides is 2. The van der Waals surface area contributed by atoms with Crippen LogP contribution in [-0.4, -0.2) is 29.9 Å². The first kappa shape index (κ1) is 21.1. The molecular formula is C26H23N3O3. The lowest BCUT2D eigenvalue weighted by Crippen LogP contribution is -2.25. The molecule has 2 N–H and O–H groups in total. The molecule has 0 aliphatic rings. The van der Waals surface area contributed by atoms with E-state index >= 15 is 0 Å². The summed E-state index contributed by atoms with van der Waals surface area (Å²) in [7, 11) is 0. The zero-order valence-electron chi connectivity index (χ0n) is 17.5. The summed E-state index contributed by atoms with van der Waals surface area (Å²) in [5, 5.41) is 6.74. The lowest BCUT2D eigenvalue weighted by molar-refractivity contribution is 0.0951. The van der Waals surface area contributed by atoms with Crippen LogP contribution in [-0.2, 0) is 0 Å². The van der Waals surface area contributed by atoms with E-state index in [0.717, 1.165) is 16.7 Å². The molecule has 0 spiro atoms. The molecule has 0 fully saturated rings. The first-order chi connectivity index (χ1) is 15.7. The second kappa shape index (κ2) is 10.2. The lowest BCUT2D eigenvalue weighted by Gasteiger charge is -2.10. The molecular weight excluding hydrogens is 402 g/mol. The van der Waals surface area contributed by atoms with Gasteiger partial charge in [-0.3, -0.25) is 14.6 Å². The SMILES string of the molecule is O=C(NCCCOc1cccc2cccnc12)c1ccc(NC(=O)c2ccccc2)cc1. The summed E-state index contributed by atoms with van der Waals surface area (Å²) >= 11 is 0. The Morgan fingerprint density at radius 3 is 2.34 bits per heavy atom. The van der Waals surface area contributed by atoms with Crippen LogP contribution in [0.4, 0.5) is 5.69 Å². The molecule has 0 aliphatic carbocycles. The Morgan fingerprint density at radius 2 is 1.53 bits per heavy atom. The molecule has 0 radical (unpaired) electrons. The molecule has 0 aliphatic heterocycles. The fourth-order valence-electron chi connectivity index (χ4n) is 3.25. The molecule has 1 aromatic heterocycles. The van der Waals surface area contributed by atoms with Gasteiger partial charge in [0.2, 0.25) is 0 Å². The van der Waals surface area contributed by atoms with E-state index in [9.17, 15) is 9.59 Å². The topological polar surface area (TPSA) is 80.3 Å². The molecule has 1 heterocycles. The summed E-state index contributed by atoms with van der Waals surface area (Å²) in [5.74, 6) is 0.379. The third kappa shape index (κ3) is 5.29. The van der Waals surface area contributed by atoms with Crippen LogP contribution in [0.15, 0.2) is 91.1 Å². The van der Waals surface area contributed by atoms with Gasteiger partial charge in [0.05, 0.1) is 6.61 Å². The average molecular weight is 425 g/mol. The largest absolute Gasteiger partial charge is 0.491 e. The van der Waals surface area contributed by atoms with Crippen LogP contribution in [0.5, 0.6) is 5.75 Å². The number of fused-ring (bicyclic) bond motifs is 1. The zero-order valence-corrected chi connectivity index (χ0v) is 17.5. The van der Waals surface area contributed by atoms with E-state index < -0.39 is 0 Å². The number of nitrogens with zero attached hydrogens (tertiary/aromatic N) is 1. The maximum Gasteiger partial charge on any atom is 0.255 e. The number of carbonyl (C=O) groups is 2. The van der Waals surface area contributed by atoms with Crippen LogP contribution < -0.4 is 15.4 Å². The fourth-order valence-corrected chi connectivity index (χ4v) is 3.25. The zero-order chi connectivity index (χ0) is 22.2. The van der Waals surface area contributed by atoms with Crippen molar-refractivity contribution in [2.45, 2.75) is 6.42 Å². The van der Waals surface area contributed by atoms with Gasteiger partial charge in [-0.25, -0.2) is 0 Å². The number of aromatic nitrogens is 1. The van der Waals surface area contributed by atoms with Crippen molar-refractivity contribution in [2.24, 2.45) is 0 Å². The van der Waals surface area contributed by atoms with Gasteiger partial charge >= 0.3 is 0 Å². The maximum absolute atomic E-state index is 12.4. The molecule has 4 rings (SSSR count). The molecule has 6 heteroatoms. The van der Waals surface area contributed by atoms with E-state index in [0.29, 0.717) is 36.4 Å². The predicted octanol–water partition coefficient (Wildman–Crippen LogP) is 4.69. The van der Waals surface area contributed by atoms with Crippen molar-refractivity contribution in [3.05, 3.63) is 102 Å². The van der Waals surface area contributed by atoms with Gasteiger partial charge in [-0.15, -0.1) is 0 Å². The molecule has 32 heavy (non-hydrogen) atoms. The second-order valence-corrected chi connectivity index (χ2v) is 7.19. The van der Waals surface area contributed by atoms with E-state index in [4.69, 9.17) is 4.74 Å². The van der Waals surface area contributed by atoms with Crippen LogP contribution in [0, 0.1) is 0 Å². The normalized spacial score (nSPS) is 10.5. The number of carbonyl (C=O) groups excluding carboxylic acids is 2. The van der Waals surface area contributed by atoms with E-state index in [-0.39, 0.29) is 11.8 Å². The summed E-state index contributed by atoms with van der Waals surface area (Å²) in [6.45, 7) is 0.962. The number of pyridine rings is 1. The quantitative estimate of drug-likeness (QED) is 0.402. The number of anilines is 1. The van der Waals surface area contributed by atoms with Crippen molar-refractivity contribution >= 4 is 28.4 Å². The van der Waals surface area contributed by atoms with Crippen molar-refractivity contribution < 1.29 is 14.3 Å². The van der Waals surface area contributed by atoms with Crippen molar-refractivity contribution in [3.8, 4) is 5.75 Å². The Labute approximate surface area is 186 Å². The van der Waals surface area contributed by atoms with Crippen LogP contribution in [0.25, 0.3) is 10.9 Å². The maximum atomic E-state index is 12.4. The van der Waals surface area contributed by atoms with Gasteiger partial charge in [0.1, 0.15) is 11.3 Å². The van der Waals surface area contributed by atoms with E-state index in [1.165, 1.54) is 0 Å². The minimum Gasteiger partial charge on any atom is -0.491 e. The molecule has 0 saturated heterocycles. The Hall–Kier alpha value is -4.19. The standard InChI is InChI=1S/C26H23N3O3/c30-25(21-12-14-22(15-13-21)29-26(31)20-7-2-1-3-8-20)28-17-6-18-32-23-11-4-9-19-10-5-16-27-24(19)23/h1-5,7-16H,6,17-18H2,(H,28,30)(H,29,31). The minimum absolute atomic E-state index is 0.169. The number of ether oxygens (including phenoxy) is 1. The number of hydrogen-bond acceptors (Lipinski definition) is 4. The predicted molar refractivity (Wildman–Crippen MR) is 125 cm³/mol. The van der Waals surface area contributed by atoms with Crippen LogP contribution in [0.3, 0.4) is 0 Å². The van der Waals surface area contributed by atoms with Crippen LogP contribution in [0.1, 0.15) is 27.1 Å². The second-order valence-electron chi connectivity index (χ2n) is 7.19. The number of hydrogen-bond donors (Lipinski definition) is 2. The number of para-hydroxylation sites is 1. The molecule has 6 nitrogen and oxygen atoms in total. The summed E-state index contributed by atoms with van der Waals surface area (Å²) in [5.41, 5.74) is 2.57. The third-order valence-corrected chi connectivity index (χ3v) is 4.90. The third-order valence-electron chi connectivity index (χ3n) is 4.90. The van der Waals surface area contributed by atoms with Gasteiger partial charge < -0.3 is 15.4 Å². The smallest absolute Gasteiger partial charge is 0.255 e. The highest BCUT2D eigenvalue weighted by Crippen LogP contribution is 2.22. The summed E-state index contributed by atoms with van der Waals surface area (Å²) < 4.78 is 5.84. The molecule has 0 saturated carbocycles. The van der Waals surface area contributed by atoms with Gasteiger partial charge in [-0.1, -0.05) is 36.4 Å². The average Bonchev–Trinajstić information content (AvgIpc) is 2.85. The van der Waals surface area contributed by atoms with E-state index in [2.05, 4.69) is 15.6 Å². The highest BCUT2D eigenvalue weighted by atomic mass is 16.5. The molecule has 2 amide bonds. The first-order valence-electron chi connectivity index (χ1n) is 10.4. The molecule has 0 atom stereocenters. The van der Waals surface area contributed by atoms with Crippen molar-refractivity contribution in [2.75, 3.05) is 18.5 Å². The molecule has 4 aromatic rings. The number of benzene rings is 3. The van der Waals surface area contributed by atoms with Gasteiger partial charge in [0.25, 0.3) is 11.8 Å². The van der Waals surface area contributed by atoms with Crippen molar-refractivity contribution in [1.29, 1.82) is 0 Å². The molecule has 3 aromatic carbocycles. The molecule has 0 unspecified atom stereocenters. The Balaban J connectivity index is 1.22. The summed E-state index contributed by atoms with van der Waals surface area (Å²) in [6.07, 6.45) is 2.41. The van der Waals surface area contributed by atoms with Crippen LogP contribution in [0.2, 0.25) is 0 Å². The van der Waals surface area contributed by atoms with E-state index in [1.807, 2.05) is 48.5 Å². The number of rotatable bonds is 8. The Morgan fingerprint density at radius 1 is 0.781 bits per heavy atom. The fraction of sp³-hybridized carbons (Fsp3) is 0.115. The van der Waals surface area contributed by atoms with E-state index in [1.54, 1.807) is 42.6 Å². The highest BCUT2D eigenvalue weighted by Gasteiger charge is 2.08. The summed E-state index contributed by atoms with van der Waals surface area (Å²) in [4.78, 5) is 28.9. The van der Waals surface area contributed by atoms with Gasteiger partial charge in [-0.2, -0.15) is 0 Å². The minimum atomic E-state index is -0.191. The highest BCUT2D eigenvalue weighted by molar-refractivity contribution is 6.04. The van der Waals surface area contributed by atoms with Crippen molar-refractivity contribution in [3.63, 3.8) is 0 Å². The molecule has 160 valence electrons. The lowest BCUT2D eigenvalue weighted by atomic mass is 10.1. The molecule has 0 bridgehead atoms. The van der Waals surface area contributed by atoms with Crippen molar-refractivity contribution in [1.82, 2.24) is 10.3 Å². The van der Waals surface area contributed by atoms with Gasteiger partial charge in [0, 0.05) is 34.9 Å². The van der Waals surface area contributed by atoms with Gasteiger partial charge in [0.15, 0.2) is 0 Å². The Bertz CT molecular complexity index is 1200. The summed E-state index contributed by atoms with van der Waals surface area (Å²) in [6, 6.07) is 25.5. The number of nitrogens with one attached hydrogen (secondary N) is 2. The monoisotopic (exact) mass is 425 g/mol. The first-order valence-corrected chi connectivity index (χ1v) is 10.4. The van der Waals surface area contributed by atoms with Gasteiger partial charge in [-0.05, 0) is 55.0 Å².